The zero-order valence-corrected chi connectivity index (χ0v) is 18.4. The van der Waals surface area contributed by atoms with Gasteiger partial charge in [-0.25, -0.2) is 14.8 Å². The zero-order valence-electron chi connectivity index (χ0n) is 18.4. The normalized spacial score (nSPS) is 16.7. The Morgan fingerprint density at radius 1 is 1.33 bits per heavy atom. The Balaban J connectivity index is 1.86. The fourth-order valence-corrected chi connectivity index (χ4v) is 4.08. The number of pyridine rings is 2. The molecule has 8 nitrogen and oxygen atoms in total. The van der Waals surface area contributed by atoms with Crippen LogP contribution in [0.3, 0.4) is 0 Å². The number of nitrogens with one attached hydrogen (secondary N) is 2. The van der Waals surface area contributed by atoms with E-state index in [-0.39, 0.29) is 40.0 Å². The Morgan fingerprint density at radius 2 is 2.09 bits per heavy atom. The van der Waals surface area contributed by atoms with Gasteiger partial charge in [-0.05, 0) is 37.6 Å². The molecular formula is C23H24F2N6O2. The molecule has 172 valence electrons. The highest BCUT2D eigenvalue weighted by Crippen LogP contribution is 2.34. The van der Waals surface area contributed by atoms with Gasteiger partial charge in [0.1, 0.15) is 5.82 Å². The van der Waals surface area contributed by atoms with Crippen molar-refractivity contribution in [3.05, 3.63) is 65.3 Å². The van der Waals surface area contributed by atoms with Gasteiger partial charge in [-0.2, -0.15) is 4.39 Å². The Hall–Kier alpha value is -3.63. The Labute approximate surface area is 189 Å². The number of nitrogens with zero attached hydrogens (tertiary/aromatic N) is 3. The number of hydrazine groups is 1. The van der Waals surface area contributed by atoms with E-state index in [0.29, 0.717) is 11.1 Å². The number of aliphatic hydroxyl groups excluding tert-OH is 1. The summed E-state index contributed by atoms with van der Waals surface area (Å²) >= 11 is 0. The van der Waals surface area contributed by atoms with Crippen LogP contribution in [0.15, 0.2) is 42.2 Å². The van der Waals surface area contributed by atoms with Crippen molar-refractivity contribution in [1.82, 2.24) is 20.4 Å². The summed E-state index contributed by atoms with van der Waals surface area (Å²) < 4.78 is 29.5. The van der Waals surface area contributed by atoms with Crippen LogP contribution < -0.4 is 16.5 Å². The molecule has 5 N–H and O–H groups in total. The predicted molar refractivity (Wildman–Crippen MR) is 121 cm³/mol. The second kappa shape index (κ2) is 8.72. The predicted octanol–water partition coefficient (Wildman–Crippen LogP) is 2.69. The number of halogens is 2. The number of aromatic nitrogens is 2. The van der Waals surface area contributed by atoms with Gasteiger partial charge in [0.25, 0.3) is 5.91 Å². The number of amides is 1. The number of aliphatic hydroxyl groups is 1. The highest BCUT2D eigenvalue weighted by Gasteiger charge is 2.27. The summed E-state index contributed by atoms with van der Waals surface area (Å²) in [6.07, 6.45) is 3.26. The second-order valence-corrected chi connectivity index (χ2v) is 8.08. The quantitative estimate of drug-likeness (QED) is 0.423. The largest absolute Gasteiger partial charge is 0.390 e. The van der Waals surface area contributed by atoms with E-state index in [0.717, 1.165) is 5.57 Å². The second-order valence-electron chi connectivity index (χ2n) is 8.08. The molecule has 3 aromatic rings. The lowest BCUT2D eigenvalue weighted by atomic mass is 9.99. The monoisotopic (exact) mass is 454 g/mol. The summed E-state index contributed by atoms with van der Waals surface area (Å²) in [6, 6.07) is 5.12. The van der Waals surface area contributed by atoms with Gasteiger partial charge in [-0.3, -0.25) is 9.78 Å². The average molecular weight is 454 g/mol. The summed E-state index contributed by atoms with van der Waals surface area (Å²) in [5.74, 6) is -2.31. The van der Waals surface area contributed by atoms with Crippen LogP contribution in [0.25, 0.3) is 22.0 Å². The molecule has 0 spiro atoms. The average Bonchev–Trinajstić information content (AvgIpc) is 3.11. The first-order chi connectivity index (χ1) is 15.7. The van der Waals surface area contributed by atoms with E-state index in [9.17, 15) is 18.7 Å². The van der Waals surface area contributed by atoms with Crippen molar-refractivity contribution >= 4 is 22.5 Å². The molecule has 10 heteroatoms. The summed E-state index contributed by atoms with van der Waals surface area (Å²) in [5.41, 5.74) is 10.8. The van der Waals surface area contributed by atoms with Gasteiger partial charge in [0.15, 0.2) is 0 Å². The summed E-state index contributed by atoms with van der Waals surface area (Å²) in [4.78, 5) is 20.0. The van der Waals surface area contributed by atoms with Crippen LogP contribution in [-0.4, -0.2) is 45.1 Å². The molecule has 1 aliphatic heterocycles. The molecule has 0 aliphatic carbocycles. The van der Waals surface area contributed by atoms with E-state index in [1.807, 2.05) is 32.1 Å². The molecule has 3 heterocycles. The molecule has 0 saturated heterocycles. The number of primary amides is 1. The summed E-state index contributed by atoms with van der Waals surface area (Å²) in [7, 11) is 1.88. The molecule has 0 bridgehead atoms. The summed E-state index contributed by atoms with van der Waals surface area (Å²) in [6.45, 7) is 3.48. The molecule has 0 radical (unpaired) electrons. The van der Waals surface area contributed by atoms with Crippen molar-refractivity contribution in [2.24, 2.45) is 5.73 Å². The number of carbonyl (C=O) groups excluding carboxylic acids is 1. The topological polar surface area (TPSA) is 116 Å². The number of carbonyl (C=O) groups is 1. The Morgan fingerprint density at radius 3 is 2.70 bits per heavy atom. The van der Waals surface area contributed by atoms with Gasteiger partial charge in [0.2, 0.25) is 5.95 Å². The van der Waals surface area contributed by atoms with Crippen LogP contribution in [0.5, 0.6) is 0 Å². The lowest BCUT2D eigenvalue weighted by Crippen LogP contribution is -2.44. The molecule has 1 aromatic carbocycles. The molecule has 4 rings (SSSR count). The number of benzene rings is 1. The van der Waals surface area contributed by atoms with Crippen molar-refractivity contribution in [3.63, 3.8) is 0 Å². The van der Waals surface area contributed by atoms with Crippen LogP contribution in [-0.2, 0) is 6.61 Å². The first-order valence-corrected chi connectivity index (χ1v) is 10.3. The third-order valence-corrected chi connectivity index (χ3v) is 5.68. The van der Waals surface area contributed by atoms with Gasteiger partial charge in [0.05, 0.1) is 35.1 Å². The van der Waals surface area contributed by atoms with Gasteiger partial charge in [-0.15, -0.1) is 0 Å². The maximum absolute atomic E-state index is 14.9. The standard InChI is InChI=1S/C23H24F2N6O2/c1-11-9-31(3)30-20(11)12(2)28-21-16-6-15(14-5-4-13(10-32)29-22(14)25)18(24)7-19(16)27-8-17(21)23(26)33/h4-9,12,20,30,32H,10H2,1-3H3,(H2,26,33)(H,27,28). The van der Waals surface area contributed by atoms with Gasteiger partial charge in [0, 0.05) is 48.1 Å². The zero-order chi connectivity index (χ0) is 23.9. The fraction of sp³-hybridized carbons (Fsp3) is 0.261. The number of hydrogen-bond acceptors (Lipinski definition) is 7. The van der Waals surface area contributed by atoms with Crippen LogP contribution in [0.4, 0.5) is 14.5 Å². The minimum Gasteiger partial charge on any atom is -0.390 e. The van der Waals surface area contributed by atoms with Gasteiger partial charge in [-0.1, -0.05) is 0 Å². The minimum absolute atomic E-state index is 0.0501. The molecule has 0 saturated carbocycles. The van der Waals surface area contributed by atoms with E-state index in [1.165, 1.54) is 30.5 Å². The maximum Gasteiger partial charge on any atom is 0.252 e. The molecule has 2 atom stereocenters. The highest BCUT2D eigenvalue weighted by atomic mass is 19.1. The van der Waals surface area contributed by atoms with Crippen LogP contribution >= 0.6 is 0 Å². The van der Waals surface area contributed by atoms with E-state index in [4.69, 9.17) is 5.73 Å². The van der Waals surface area contributed by atoms with E-state index >= 15 is 0 Å². The highest BCUT2D eigenvalue weighted by molar-refractivity contribution is 6.07. The lowest BCUT2D eigenvalue weighted by Gasteiger charge is -2.26. The van der Waals surface area contributed by atoms with E-state index in [2.05, 4.69) is 20.7 Å². The number of nitrogens with two attached hydrogens (primary N) is 1. The number of anilines is 1. The molecule has 33 heavy (non-hydrogen) atoms. The third kappa shape index (κ3) is 4.22. The van der Waals surface area contributed by atoms with Crippen molar-refractivity contribution in [3.8, 4) is 11.1 Å². The molecule has 2 unspecified atom stereocenters. The molecule has 1 amide bonds. The first-order valence-electron chi connectivity index (χ1n) is 10.3. The molecule has 1 aliphatic rings. The first kappa shape index (κ1) is 22.6. The Kier molecular flexibility index (Phi) is 5.96. The molecule has 2 aromatic heterocycles. The maximum atomic E-state index is 14.9. The smallest absolute Gasteiger partial charge is 0.252 e. The number of rotatable bonds is 6. The summed E-state index contributed by atoms with van der Waals surface area (Å²) in [5, 5.41) is 14.7. The number of fused-ring (bicyclic) bond motifs is 1. The Bertz CT molecular complexity index is 1280. The fourth-order valence-electron chi connectivity index (χ4n) is 4.08. The van der Waals surface area contributed by atoms with E-state index < -0.39 is 24.3 Å². The molecule has 0 fully saturated rings. The minimum atomic E-state index is -0.916. The third-order valence-electron chi connectivity index (χ3n) is 5.68. The number of hydrogen-bond donors (Lipinski definition) is 4. The van der Waals surface area contributed by atoms with Crippen molar-refractivity contribution in [2.75, 3.05) is 12.4 Å². The lowest BCUT2D eigenvalue weighted by molar-refractivity contribution is 0.100. The van der Waals surface area contributed by atoms with Crippen LogP contribution in [0.2, 0.25) is 0 Å². The SMILES string of the molecule is CC1=CN(C)NC1C(C)Nc1c(C(N)=O)cnc2cc(F)c(-c3ccc(CO)nc3F)cc12. The molecular weight excluding hydrogens is 430 g/mol. The van der Waals surface area contributed by atoms with Crippen molar-refractivity contribution in [2.45, 2.75) is 32.5 Å². The van der Waals surface area contributed by atoms with Crippen LogP contribution in [0.1, 0.15) is 29.9 Å². The van der Waals surface area contributed by atoms with E-state index in [1.54, 1.807) is 0 Å². The van der Waals surface area contributed by atoms with Crippen molar-refractivity contribution < 1.29 is 18.7 Å². The van der Waals surface area contributed by atoms with Crippen LogP contribution in [0, 0.1) is 11.8 Å². The van der Waals surface area contributed by atoms with Gasteiger partial charge >= 0.3 is 0 Å². The van der Waals surface area contributed by atoms with Gasteiger partial charge < -0.3 is 21.2 Å². The van der Waals surface area contributed by atoms with Crippen molar-refractivity contribution in [1.29, 1.82) is 0 Å².